The van der Waals surface area contributed by atoms with Crippen LogP contribution < -0.4 is 11.1 Å². The summed E-state index contributed by atoms with van der Waals surface area (Å²) < 4.78 is 0. The van der Waals surface area contributed by atoms with Crippen molar-refractivity contribution in [3.63, 3.8) is 0 Å². The highest BCUT2D eigenvalue weighted by Crippen LogP contribution is 2.18. The monoisotopic (exact) mass is 242 g/mol. The van der Waals surface area contributed by atoms with Crippen LogP contribution in [-0.2, 0) is 0 Å². The standard InChI is InChI=1S/C14H18N4/c1-10-3-5-12(6-4-10)13-8-16-14(17-9-13)18-11(2)7-15/h3-6,8-9,11H,7,15H2,1-2H3,(H,16,17,18). The second-order valence-corrected chi connectivity index (χ2v) is 4.44. The van der Waals surface area contributed by atoms with Gasteiger partial charge < -0.3 is 11.1 Å². The summed E-state index contributed by atoms with van der Waals surface area (Å²) in [6, 6.07) is 8.48. The Bertz CT molecular complexity index is 490. The molecule has 0 aliphatic rings. The van der Waals surface area contributed by atoms with E-state index in [1.165, 1.54) is 5.56 Å². The van der Waals surface area contributed by atoms with Gasteiger partial charge >= 0.3 is 0 Å². The van der Waals surface area contributed by atoms with Gasteiger partial charge in [-0.25, -0.2) is 9.97 Å². The maximum absolute atomic E-state index is 5.54. The fourth-order valence-corrected chi connectivity index (χ4v) is 1.58. The first-order valence-corrected chi connectivity index (χ1v) is 6.04. The molecule has 0 aliphatic carbocycles. The van der Waals surface area contributed by atoms with E-state index < -0.39 is 0 Å². The average Bonchev–Trinajstić information content (AvgIpc) is 2.40. The van der Waals surface area contributed by atoms with E-state index in [-0.39, 0.29) is 6.04 Å². The van der Waals surface area contributed by atoms with Crippen molar-refractivity contribution in [2.24, 2.45) is 5.73 Å². The summed E-state index contributed by atoms with van der Waals surface area (Å²) in [5.41, 5.74) is 8.92. The molecule has 1 heterocycles. The molecular weight excluding hydrogens is 224 g/mol. The average molecular weight is 242 g/mol. The van der Waals surface area contributed by atoms with Crippen LogP contribution in [0.15, 0.2) is 36.7 Å². The highest BCUT2D eigenvalue weighted by molar-refractivity contribution is 5.62. The van der Waals surface area contributed by atoms with Gasteiger partial charge in [0.1, 0.15) is 0 Å². The molecule has 0 spiro atoms. The molecule has 0 bridgehead atoms. The molecule has 0 saturated heterocycles. The van der Waals surface area contributed by atoms with Crippen molar-refractivity contribution in [2.45, 2.75) is 19.9 Å². The molecular formula is C14H18N4. The molecule has 3 N–H and O–H groups in total. The second kappa shape index (κ2) is 5.60. The molecule has 4 nitrogen and oxygen atoms in total. The largest absolute Gasteiger partial charge is 0.351 e. The van der Waals surface area contributed by atoms with E-state index in [0.29, 0.717) is 12.5 Å². The topological polar surface area (TPSA) is 63.8 Å². The van der Waals surface area contributed by atoms with E-state index in [2.05, 4.69) is 46.5 Å². The summed E-state index contributed by atoms with van der Waals surface area (Å²) in [5.74, 6) is 0.615. The van der Waals surface area contributed by atoms with Gasteiger partial charge in [0.2, 0.25) is 5.95 Å². The highest BCUT2D eigenvalue weighted by Gasteiger charge is 2.03. The summed E-state index contributed by atoms with van der Waals surface area (Å²) in [6.07, 6.45) is 3.65. The van der Waals surface area contributed by atoms with Gasteiger partial charge in [-0.1, -0.05) is 29.8 Å². The maximum atomic E-state index is 5.54. The van der Waals surface area contributed by atoms with Crippen LogP contribution in [0.2, 0.25) is 0 Å². The molecule has 0 radical (unpaired) electrons. The molecule has 1 atom stereocenters. The Morgan fingerprint density at radius 3 is 2.28 bits per heavy atom. The fraction of sp³-hybridized carbons (Fsp3) is 0.286. The smallest absolute Gasteiger partial charge is 0.222 e. The van der Waals surface area contributed by atoms with Crippen molar-refractivity contribution in [2.75, 3.05) is 11.9 Å². The third-order valence-corrected chi connectivity index (χ3v) is 2.77. The summed E-state index contributed by atoms with van der Waals surface area (Å²) in [5, 5.41) is 3.13. The summed E-state index contributed by atoms with van der Waals surface area (Å²) in [4.78, 5) is 8.58. The van der Waals surface area contributed by atoms with Crippen LogP contribution in [0.5, 0.6) is 0 Å². The van der Waals surface area contributed by atoms with Crippen molar-refractivity contribution in [1.82, 2.24) is 9.97 Å². The number of rotatable bonds is 4. The van der Waals surface area contributed by atoms with Gasteiger partial charge in [0, 0.05) is 30.5 Å². The van der Waals surface area contributed by atoms with Crippen LogP contribution in [0.4, 0.5) is 5.95 Å². The van der Waals surface area contributed by atoms with Crippen molar-refractivity contribution >= 4 is 5.95 Å². The number of anilines is 1. The van der Waals surface area contributed by atoms with Crippen LogP contribution in [0.3, 0.4) is 0 Å². The maximum Gasteiger partial charge on any atom is 0.222 e. The predicted molar refractivity (Wildman–Crippen MR) is 74.3 cm³/mol. The van der Waals surface area contributed by atoms with E-state index in [1.54, 1.807) is 0 Å². The number of nitrogens with two attached hydrogens (primary N) is 1. The summed E-state index contributed by atoms with van der Waals surface area (Å²) >= 11 is 0. The minimum absolute atomic E-state index is 0.176. The molecule has 2 rings (SSSR count). The lowest BCUT2D eigenvalue weighted by Crippen LogP contribution is -2.26. The first-order valence-electron chi connectivity index (χ1n) is 6.04. The van der Waals surface area contributed by atoms with Gasteiger partial charge in [0.05, 0.1) is 0 Å². The van der Waals surface area contributed by atoms with Crippen molar-refractivity contribution in [3.8, 4) is 11.1 Å². The van der Waals surface area contributed by atoms with Crippen LogP contribution >= 0.6 is 0 Å². The number of aryl methyl sites for hydroxylation is 1. The van der Waals surface area contributed by atoms with E-state index >= 15 is 0 Å². The molecule has 2 aromatic rings. The summed E-state index contributed by atoms with van der Waals surface area (Å²) in [6.45, 7) is 4.63. The molecule has 1 unspecified atom stereocenters. The Labute approximate surface area is 107 Å². The third-order valence-electron chi connectivity index (χ3n) is 2.77. The molecule has 1 aromatic carbocycles. The third kappa shape index (κ3) is 3.05. The lowest BCUT2D eigenvalue weighted by atomic mass is 10.1. The first-order chi connectivity index (χ1) is 8.69. The normalized spacial score (nSPS) is 12.2. The Kier molecular flexibility index (Phi) is 3.89. The molecule has 18 heavy (non-hydrogen) atoms. The Hall–Kier alpha value is -1.94. The van der Waals surface area contributed by atoms with Crippen molar-refractivity contribution < 1.29 is 0 Å². The van der Waals surface area contributed by atoms with Gasteiger partial charge in [0.25, 0.3) is 0 Å². The number of aromatic nitrogens is 2. The van der Waals surface area contributed by atoms with E-state index in [9.17, 15) is 0 Å². The predicted octanol–water partition coefficient (Wildman–Crippen LogP) is 2.21. The van der Waals surface area contributed by atoms with Crippen LogP contribution in [0, 0.1) is 6.92 Å². The SMILES string of the molecule is Cc1ccc(-c2cnc(NC(C)CN)nc2)cc1. The van der Waals surface area contributed by atoms with Gasteiger partial charge in [0.15, 0.2) is 0 Å². The van der Waals surface area contributed by atoms with Crippen LogP contribution in [0.25, 0.3) is 11.1 Å². The molecule has 0 amide bonds. The van der Waals surface area contributed by atoms with Gasteiger partial charge in [-0.2, -0.15) is 0 Å². The Balaban J connectivity index is 2.14. The van der Waals surface area contributed by atoms with E-state index in [4.69, 9.17) is 5.73 Å². The Morgan fingerprint density at radius 1 is 1.11 bits per heavy atom. The molecule has 0 fully saturated rings. The van der Waals surface area contributed by atoms with Crippen LogP contribution in [0.1, 0.15) is 12.5 Å². The molecule has 0 aliphatic heterocycles. The molecule has 0 saturated carbocycles. The zero-order valence-electron chi connectivity index (χ0n) is 10.7. The minimum atomic E-state index is 0.176. The second-order valence-electron chi connectivity index (χ2n) is 4.44. The number of nitrogens with one attached hydrogen (secondary N) is 1. The van der Waals surface area contributed by atoms with Crippen molar-refractivity contribution in [1.29, 1.82) is 0 Å². The van der Waals surface area contributed by atoms with Crippen molar-refractivity contribution in [3.05, 3.63) is 42.2 Å². The number of hydrogen-bond donors (Lipinski definition) is 2. The lowest BCUT2D eigenvalue weighted by Gasteiger charge is -2.11. The fourth-order valence-electron chi connectivity index (χ4n) is 1.58. The number of hydrogen-bond acceptors (Lipinski definition) is 4. The lowest BCUT2D eigenvalue weighted by molar-refractivity contribution is 0.790. The summed E-state index contributed by atoms with van der Waals surface area (Å²) in [7, 11) is 0. The van der Waals surface area contributed by atoms with Crippen LogP contribution in [-0.4, -0.2) is 22.6 Å². The highest BCUT2D eigenvalue weighted by atomic mass is 15.1. The molecule has 4 heteroatoms. The van der Waals surface area contributed by atoms with E-state index in [0.717, 1.165) is 11.1 Å². The molecule has 1 aromatic heterocycles. The quantitative estimate of drug-likeness (QED) is 0.862. The van der Waals surface area contributed by atoms with Gasteiger partial charge in [-0.3, -0.25) is 0 Å². The number of benzene rings is 1. The van der Waals surface area contributed by atoms with E-state index in [1.807, 2.05) is 19.3 Å². The first kappa shape index (κ1) is 12.5. The Morgan fingerprint density at radius 2 is 1.72 bits per heavy atom. The minimum Gasteiger partial charge on any atom is -0.351 e. The zero-order valence-corrected chi connectivity index (χ0v) is 10.7. The number of nitrogens with zero attached hydrogens (tertiary/aromatic N) is 2. The van der Waals surface area contributed by atoms with Gasteiger partial charge in [-0.05, 0) is 19.4 Å². The molecule has 94 valence electrons. The zero-order chi connectivity index (χ0) is 13.0. The van der Waals surface area contributed by atoms with Gasteiger partial charge in [-0.15, -0.1) is 0 Å².